The zero-order valence-electron chi connectivity index (χ0n) is 6.83. The lowest BCUT2D eigenvalue weighted by molar-refractivity contribution is 0.547. The second-order valence-electron chi connectivity index (χ2n) is 2.26. The quantitative estimate of drug-likeness (QED) is 0.227. The molecule has 13 heavy (non-hydrogen) atoms. The Morgan fingerprint density at radius 1 is 1.69 bits per heavy atom. The minimum absolute atomic E-state index is 0.214. The summed E-state index contributed by atoms with van der Waals surface area (Å²) >= 11 is 0. The molecular weight excluding hydrogens is 170 g/mol. The molecule has 68 valence electrons. The fraction of sp³-hybridized carbons (Fsp3) is 0.333. The van der Waals surface area contributed by atoms with Gasteiger partial charge in [-0.05, 0) is 5.53 Å². The van der Waals surface area contributed by atoms with E-state index in [-0.39, 0.29) is 12.6 Å². The van der Waals surface area contributed by atoms with Gasteiger partial charge in [0.2, 0.25) is 0 Å². The largest absolute Gasteiger partial charge is 0.271 e. The minimum Gasteiger partial charge on any atom is -0.271 e. The highest BCUT2D eigenvalue weighted by Crippen LogP contribution is 2.06. The molecule has 0 aliphatic heterocycles. The van der Waals surface area contributed by atoms with Crippen molar-refractivity contribution in [3.63, 3.8) is 0 Å². The number of nitrogens with two attached hydrogens (primary N) is 1. The smallest absolute Gasteiger partial charge is 0.0770 e. The highest BCUT2D eigenvalue weighted by Gasteiger charge is 2.08. The van der Waals surface area contributed by atoms with Gasteiger partial charge in [-0.15, -0.1) is 0 Å². The van der Waals surface area contributed by atoms with Gasteiger partial charge in [-0.25, -0.2) is 0 Å². The fourth-order valence-electron chi connectivity index (χ4n) is 0.840. The van der Waals surface area contributed by atoms with Gasteiger partial charge in [0.05, 0.1) is 17.9 Å². The first-order valence-electron chi connectivity index (χ1n) is 3.61. The molecule has 0 aromatic carbocycles. The van der Waals surface area contributed by atoms with Crippen LogP contribution < -0.4 is 11.3 Å². The molecule has 1 heterocycles. The van der Waals surface area contributed by atoms with Crippen molar-refractivity contribution in [1.82, 2.24) is 15.4 Å². The van der Waals surface area contributed by atoms with E-state index in [9.17, 15) is 0 Å². The SMILES string of the molecule is [N-]=[N+]=NCC(NN)c1cnccn1. The van der Waals surface area contributed by atoms with E-state index >= 15 is 0 Å². The van der Waals surface area contributed by atoms with Gasteiger partial charge < -0.3 is 0 Å². The number of nitrogens with zero attached hydrogens (tertiary/aromatic N) is 5. The van der Waals surface area contributed by atoms with Crippen LogP contribution in [-0.4, -0.2) is 16.5 Å². The predicted molar refractivity (Wildman–Crippen MR) is 46.1 cm³/mol. The zero-order valence-corrected chi connectivity index (χ0v) is 6.83. The van der Waals surface area contributed by atoms with Crippen LogP contribution in [0.1, 0.15) is 11.7 Å². The van der Waals surface area contributed by atoms with E-state index in [2.05, 4.69) is 25.4 Å². The van der Waals surface area contributed by atoms with Crippen molar-refractivity contribution in [2.45, 2.75) is 6.04 Å². The van der Waals surface area contributed by atoms with Gasteiger partial charge in [-0.2, -0.15) is 0 Å². The summed E-state index contributed by atoms with van der Waals surface area (Å²) in [6.07, 6.45) is 4.68. The van der Waals surface area contributed by atoms with Gasteiger partial charge in [0, 0.05) is 23.9 Å². The molecule has 0 aliphatic carbocycles. The second kappa shape index (κ2) is 5.04. The number of hydrazine groups is 1. The Balaban J connectivity index is 2.72. The number of azide groups is 1. The number of hydrogen-bond donors (Lipinski definition) is 2. The summed E-state index contributed by atoms with van der Waals surface area (Å²) in [6.45, 7) is 0.214. The molecular formula is C6H9N7. The predicted octanol–water partition coefficient (Wildman–Crippen LogP) is 0.291. The van der Waals surface area contributed by atoms with E-state index in [0.29, 0.717) is 5.69 Å². The molecule has 1 aromatic rings. The Bertz CT molecular complexity index is 291. The van der Waals surface area contributed by atoms with Crippen LogP contribution in [0, 0.1) is 0 Å². The monoisotopic (exact) mass is 179 g/mol. The molecule has 1 aromatic heterocycles. The van der Waals surface area contributed by atoms with Crippen molar-refractivity contribution in [3.8, 4) is 0 Å². The number of rotatable bonds is 4. The maximum Gasteiger partial charge on any atom is 0.0770 e. The van der Waals surface area contributed by atoms with E-state index in [1.54, 1.807) is 18.6 Å². The third-order valence-electron chi connectivity index (χ3n) is 1.47. The molecule has 0 amide bonds. The molecule has 7 heteroatoms. The summed E-state index contributed by atoms with van der Waals surface area (Å²) < 4.78 is 0. The molecule has 0 aliphatic rings. The van der Waals surface area contributed by atoms with Crippen LogP contribution in [0.15, 0.2) is 23.7 Å². The average Bonchev–Trinajstić information content (AvgIpc) is 2.21. The molecule has 0 spiro atoms. The zero-order chi connectivity index (χ0) is 9.52. The summed E-state index contributed by atoms with van der Waals surface area (Å²) in [5, 5.41) is 3.39. The van der Waals surface area contributed by atoms with Gasteiger partial charge in [0.25, 0.3) is 0 Å². The van der Waals surface area contributed by atoms with Crippen molar-refractivity contribution in [2.75, 3.05) is 6.54 Å². The number of nitrogens with one attached hydrogen (secondary N) is 1. The van der Waals surface area contributed by atoms with Gasteiger partial charge >= 0.3 is 0 Å². The minimum atomic E-state index is -0.287. The summed E-state index contributed by atoms with van der Waals surface area (Å²) in [6, 6.07) is -0.287. The third kappa shape index (κ3) is 2.68. The maximum absolute atomic E-state index is 8.11. The molecule has 1 atom stereocenters. The number of aromatic nitrogens is 2. The lowest BCUT2D eigenvalue weighted by atomic mass is 10.2. The topological polar surface area (TPSA) is 113 Å². The maximum atomic E-state index is 8.11. The summed E-state index contributed by atoms with van der Waals surface area (Å²) in [5.74, 6) is 5.24. The van der Waals surface area contributed by atoms with Gasteiger partial charge in [0.15, 0.2) is 0 Å². The standard InChI is InChI=1S/C6H9N7/c7-12-6(4-11-13-8)5-3-9-1-2-10-5/h1-3,6,12H,4,7H2. The van der Waals surface area contributed by atoms with E-state index in [4.69, 9.17) is 11.4 Å². The van der Waals surface area contributed by atoms with Crippen LogP contribution in [0.25, 0.3) is 10.4 Å². The second-order valence-corrected chi connectivity index (χ2v) is 2.26. The summed E-state index contributed by atoms with van der Waals surface area (Å²) in [5.41, 5.74) is 11.2. The van der Waals surface area contributed by atoms with Crippen molar-refractivity contribution < 1.29 is 0 Å². The Hall–Kier alpha value is -1.69. The van der Waals surface area contributed by atoms with Crippen LogP contribution in [0.2, 0.25) is 0 Å². The highest BCUT2D eigenvalue weighted by molar-refractivity contribution is 5.02. The number of hydrogen-bond acceptors (Lipinski definition) is 5. The molecule has 0 bridgehead atoms. The average molecular weight is 179 g/mol. The van der Waals surface area contributed by atoms with Crippen LogP contribution in [0.4, 0.5) is 0 Å². The summed E-state index contributed by atoms with van der Waals surface area (Å²) in [7, 11) is 0. The highest BCUT2D eigenvalue weighted by atomic mass is 15.3. The van der Waals surface area contributed by atoms with Crippen molar-refractivity contribution >= 4 is 0 Å². The molecule has 1 rings (SSSR count). The summed E-state index contributed by atoms with van der Waals surface area (Å²) in [4.78, 5) is 10.5. The van der Waals surface area contributed by atoms with Crippen LogP contribution in [0.3, 0.4) is 0 Å². The molecule has 0 fully saturated rings. The van der Waals surface area contributed by atoms with E-state index in [0.717, 1.165) is 0 Å². The van der Waals surface area contributed by atoms with Gasteiger partial charge in [-0.3, -0.25) is 21.2 Å². The van der Waals surface area contributed by atoms with Crippen molar-refractivity contribution in [1.29, 1.82) is 0 Å². The Labute approximate surface area is 74.6 Å². The van der Waals surface area contributed by atoms with E-state index in [1.165, 1.54) is 0 Å². The molecule has 0 saturated heterocycles. The Morgan fingerprint density at radius 2 is 2.54 bits per heavy atom. The lowest BCUT2D eigenvalue weighted by Crippen LogP contribution is -2.30. The van der Waals surface area contributed by atoms with Crippen molar-refractivity contribution in [3.05, 3.63) is 34.7 Å². The first kappa shape index (κ1) is 9.40. The Kier molecular flexibility index (Phi) is 3.65. The molecule has 0 saturated carbocycles. The van der Waals surface area contributed by atoms with Gasteiger partial charge in [0.1, 0.15) is 0 Å². The van der Waals surface area contributed by atoms with Crippen molar-refractivity contribution in [2.24, 2.45) is 11.0 Å². The lowest BCUT2D eigenvalue weighted by Gasteiger charge is -2.10. The van der Waals surface area contributed by atoms with E-state index < -0.39 is 0 Å². The first-order valence-corrected chi connectivity index (χ1v) is 3.61. The molecule has 0 radical (unpaired) electrons. The van der Waals surface area contributed by atoms with Crippen LogP contribution in [-0.2, 0) is 0 Å². The third-order valence-corrected chi connectivity index (χ3v) is 1.47. The first-order chi connectivity index (χ1) is 6.38. The van der Waals surface area contributed by atoms with E-state index in [1.807, 2.05) is 0 Å². The Morgan fingerprint density at radius 3 is 3.08 bits per heavy atom. The normalized spacial score (nSPS) is 11.8. The van der Waals surface area contributed by atoms with Crippen LogP contribution >= 0.6 is 0 Å². The molecule has 3 N–H and O–H groups in total. The molecule has 1 unspecified atom stereocenters. The van der Waals surface area contributed by atoms with Gasteiger partial charge in [-0.1, -0.05) is 5.11 Å². The van der Waals surface area contributed by atoms with Crippen LogP contribution in [0.5, 0.6) is 0 Å². The fourth-order valence-corrected chi connectivity index (χ4v) is 0.840. The molecule has 7 nitrogen and oxygen atoms in total.